The van der Waals surface area contributed by atoms with E-state index >= 15 is 0 Å². The molecule has 0 aliphatic heterocycles. The van der Waals surface area contributed by atoms with Crippen LogP contribution in [-0.4, -0.2) is 5.97 Å². The van der Waals surface area contributed by atoms with Crippen LogP contribution in [0.3, 0.4) is 0 Å². The number of halogens is 2. The van der Waals surface area contributed by atoms with E-state index < -0.39 is 17.0 Å². The Morgan fingerprint density at radius 2 is 1.49 bits per heavy atom. The van der Waals surface area contributed by atoms with Gasteiger partial charge in [-0.1, -0.05) is 110 Å². The predicted octanol–water partition coefficient (Wildman–Crippen LogP) is 9.72. The van der Waals surface area contributed by atoms with Gasteiger partial charge in [-0.05, 0) is 55.6 Å². The van der Waals surface area contributed by atoms with Crippen molar-refractivity contribution >= 4 is 5.97 Å². The molecule has 0 radical (unpaired) electrons. The molecular weight excluding hydrogens is 442 g/mol. The van der Waals surface area contributed by atoms with Gasteiger partial charge in [0.05, 0.1) is 5.41 Å². The number of benzene rings is 1. The van der Waals surface area contributed by atoms with Gasteiger partial charge in [0, 0.05) is 0 Å². The van der Waals surface area contributed by atoms with Gasteiger partial charge in [-0.15, -0.1) is 0 Å². The third-order valence-corrected chi connectivity index (χ3v) is 8.84. The number of unbranched alkanes of at least 4 members (excludes halogenated alkanes) is 4. The van der Waals surface area contributed by atoms with Crippen molar-refractivity contribution in [3.8, 4) is 5.75 Å². The minimum Gasteiger partial charge on any atom is -0.423 e. The van der Waals surface area contributed by atoms with Gasteiger partial charge >= 0.3 is 5.97 Å². The number of carbonyl (C=O) groups is 1. The molecule has 0 unspecified atom stereocenters. The summed E-state index contributed by atoms with van der Waals surface area (Å²) in [7, 11) is 0. The molecule has 2 saturated carbocycles. The Morgan fingerprint density at radius 1 is 0.857 bits per heavy atom. The molecule has 3 rings (SSSR count). The summed E-state index contributed by atoms with van der Waals surface area (Å²) in [6.45, 7) is 4.39. The molecule has 0 saturated heterocycles. The van der Waals surface area contributed by atoms with Gasteiger partial charge in [-0.3, -0.25) is 4.79 Å². The fourth-order valence-corrected chi connectivity index (χ4v) is 6.40. The summed E-state index contributed by atoms with van der Waals surface area (Å²) in [4.78, 5) is 13.2. The SMILES string of the molecule is CCCCCC1CCC(CCc2ccc(OC(=O)C3(CCCCC)CCCCC3)c(F)c2F)CC1. The number of hydrogen-bond acceptors (Lipinski definition) is 2. The lowest BCUT2D eigenvalue weighted by atomic mass is 9.71. The second-order valence-electron chi connectivity index (χ2n) is 11.5. The average molecular weight is 491 g/mol. The van der Waals surface area contributed by atoms with E-state index in [0.717, 1.165) is 70.1 Å². The van der Waals surface area contributed by atoms with E-state index in [-0.39, 0.29) is 11.7 Å². The molecule has 0 aromatic heterocycles. The van der Waals surface area contributed by atoms with Crippen LogP contribution in [0, 0.1) is 28.9 Å². The lowest BCUT2D eigenvalue weighted by Gasteiger charge is -2.35. The summed E-state index contributed by atoms with van der Waals surface area (Å²) in [6, 6.07) is 3.10. The topological polar surface area (TPSA) is 26.3 Å². The van der Waals surface area contributed by atoms with E-state index in [2.05, 4.69) is 13.8 Å². The summed E-state index contributed by atoms with van der Waals surface area (Å²) >= 11 is 0. The molecule has 35 heavy (non-hydrogen) atoms. The number of carbonyl (C=O) groups excluding carboxylic acids is 1. The molecule has 2 aliphatic rings. The summed E-state index contributed by atoms with van der Waals surface area (Å²) in [5, 5.41) is 0. The van der Waals surface area contributed by atoms with Gasteiger partial charge in [-0.2, -0.15) is 4.39 Å². The smallest absolute Gasteiger partial charge is 0.317 e. The van der Waals surface area contributed by atoms with Crippen molar-refractivity contribution in [1.29, 1.82) is 0 Å². The largest absolute Gasteiger partial charge is 0.423 e. The van der Waals surface area contributed by atoms with Crippen LogP contribution in [0.2, 0.25) is 0 Å². The normalized spacial score (nSPS) is 22.2. The highest BCUT2D eigenvalue weighted by atomic mass is 19.2. The van der Waals surface area contributed by atoms with E-state index in [0.29, 0.717) is 17.9 Å². The second-order valence-corrected chi connectivity index (χ2v) is 11.5. The Bertz CT molecular complexity index is 776. The Kier molecular flexibility index (Phi) is 11.5. The van der Waals surface area contributed by atoms with Crippen molar-refractivity contribution in [2.24, 2.45) is 17.3 Å². The number of ether oxygens (including phenoxy) is 1. The van der Waals surface area contributed by atoms with Crippen LogP contribution >= 0.6 is 0 Å². The molecular formula is C31H48F2O2. The van der Waals surface area contributed by atoms with Gasteiger partial charge in [-0.25, -0.2) is 4.39 Å². The molecule has 4 heteroatoms. The van der Waals surface area contributed by atoms with Crippen LogP contribution in [0.25, 0.3) is 0 Å². The Morgan fingerprint density at radius 3 is 2.14 bits per heavy atom. The Balaban J connectivity index is 1.54. The van der Waals surface area contributed by atoms with Crippen LogP contribution in [0.5, 0.6) is 5.75 Å². The monoisotopic (exact) mass is 490 g/mol. The van der Waals surface area contributed by atoms with Gasteiger partial charge in [0.15, 0.2) is 11.6 Å². The van der Waals surface area contributed by atoms with Crippen molar-refractivity contribution in [3.05, 3.63) is 29.3 Å². The van der Waals surface area contributed by atoms with E-state index in [1.54, 1.807) is 6.07 Å². The molecule has 0 atom stereocenters. The highest BCUT2D eigenvalue weighted by Gasteiger charge is 2.41. The third kappa shape index (κ3) is 8.02. The van der Waals surface area contributed by atoms with Crippen molar-refractivity contribution in [2.45, 2.75) is 136 Å². The van der Waals surface area contributed by atoms with Crippen molar-refractivity contribution < 1.29 is 18.3 Å². The van der Waals surface area contributed by atoms with Crippen LogP contribution < -0.4 is 4.74 Å². The van der Waals surface area contributed by atoms with E-state index in [4.69, 9.17) is 4.74 Å². The number of rotatable bonds is 13. The molecule has 0 heterocycles. The maximum atomic E-state index is 14.9. The van der Waals surface area contributed by atoms with Crippen molar-refractivity contribution in [1.82, 2.24) is 0 Å². The molecule has 1 aromatic carbocycles. The first-order chi connectivity index (χ1) is 17.0. The second kappa shape index (κ2) is 14.3. The zero-order valence-electron chi connectivity index (χ0n) is 22.3. The van der Waals surface area contributed by atoms with Gasteiger partial charge in [0.25, 0.3) is 0 Å². The maximum Gasteiger partial charge on any atom is 0.317 e. The quantitative estimate of drug-likeness (QED) is 0.156. The van der Waals surface area contributed by atoms with Gasteiger partial charge in [0.1, 0.15) is 0 Å². The lowest BCUT2D eigenvalue weighted by Crippen LogP contribution is -2.37. The van der Waals surface area contributed by atoms with Gasteiger partial charge in [0.2, 0.25) is 5.82 Å². The first kappa shape index (κ1) is 28.1. The number of esters is 1. The lowest BCUT2D eigenvalue weighted by molar-refractivity contribution is -0.149. The summed E-state index contributed by atoms with van der Waals surface area (Å²) < 4.78 is 35.4. The minimum absolute atomic E-state index is 0.246. The number of hydrogen-bond donors (Lipinski definition) is 0. The molecule has 1 aromatic rings. The van der Waals surface area contributed by atoms with Gasteiger partial charge < -0.3 is 4.74 Å². The fraction of sp³-hybridized carbons (Fsp3) is 0.774. The van der Waals surface area contributed by atoms with E-state index in [1.165, 1.54) is 57.4 Å². The first-order valence-electron chi connectivity index (χ1n) is 14.7. The highest BCUT2D eigenvalue weighted by Crippen LogP contribution is 2.42. The molecule has 0 spiro atoms. The fourth-order valence-electron chi connectivity index (χ4n) is 6.40. The molecule has 2 fully saturated rings. The zero-order chi connectivity index (χ0) is 25.1. The van der Waals surface area contributed by atoms with E-state index in [9.17, 15) is 13.6 Å². The molecule has 2 nitrogen and oxygen atoms in total. The van der Waals surface area contributed by atoms with Crippen LogP contribution in [0.4, 0.5) is 8.78 Å². The van der Waals surface area contributed by atoms with E-state index in [1.807, 2.05) is 0 Å². The third-order valence-electron chi connectivity index (χ3n) is 8.84. The van der Waals surface area contributed by atoms with Crippen molar-refractivity contribution in [2.75, 3.05) is 0 Å². The molecule has 0 amide bonds. The summed E-state index contributed by atoms with van der Waals surface area (Å²) in [5.41, 5.74) is -0.132. The number of aryl methyl sites for hydroxylation is 1. The molecule has 2 aliphatic carbocycles. The van der Waals surface area contributed by atoms with Crippen LogP contribution in [0.15, 0.2) is 12.1 Å². The average Bonchev–Trinajstić information content (AvgIpc) is 2.88. The minimum atomic E-state index is -1.00. The van der Waals surface area contributed by atoms with Crippen molar-refractivity contribution in [3.63, 3.8) is 0 Å². The highest BCUT2D eigenvalue weighted by molar-refractivity contribution is 5.79. The standard InChI is InChI=1S/C31H48F2O2/c1-3-5-8-12-24-13-15-25(16-14-24)17-18-26-19-20-27(29(33)28(26)32)35-30(34)31(21-9-6-4-2)22-10-7-11-23-31/h19-20,24-25H,3-18,21-23H2,1-2H3. The summed E-state index contributed by atoms with van der Waals surface area (Å²) in [5.74, 6) is -0.997. The Hall–Kier alpha value is -1.45. The maximum absolute atomic E-state index is 14.9. The molecule has 0 bridgehead atoms. The molecule has 0 N–H and O–H groups in total. The van der Waals surface area contributed by atoms with Crippen LogP contribution in [0.1, 0.15) is 135 Å². The zero-order valence-corrected chi connectivity index (χ0v) is 22.3. The first-order valence-corrected chi connectivity index (χ1v) is 14.7. The molecule has 198 valence electrons. The summed E-state index contributed by atoms with van der Waals surface area (Å²) in [6.07, 6.45) is 20.3. The predicted molar refractivity (Wildman–Crippen MR) is 140 cm³/mol. The van der Waals surface area contributed by atoms with Crippen LogP contribution in [-0.2, 0) is 11.2 Å². The Labute approximate surface area is 212 Å².